The van der Waals surface area contributed by atoms with Crippen LogP contribution in [0.15, 0.2) is 29.2 Å². The summed E-state index contributed by atoms with van der Waals surface area (Å²) >= 11 is 6.68. The molecule has 0 bridgehead atoms. The molecule has 0 aromatic heterocycles. The minimum Gasteiger partial charge on any atom is -0.508 e. The molecule has 0 saturated carbocycles. The Labute approximate surface area is 141 Å². The highest BCUT2D eigenvalue weighted by Crippen LogP contribution is 2.32. The van der Waals surface area contributed by atoms with Crippen LogP contribution in [0.5, 0.6) is 5.75 Å². The summed E-state index contributed by atoms with van der Waals surface area (Å²) in [7, 11) is 0. The van der Waals surface area contributed by atoms with E-state index in [0.29, 0.717) is 15.8 Å². The highest BCUT2D eigenvalue weighted by atomic mass is 32.2. The second kappa shape index (κ2) is 8.34. The van der Waals surface area contributed by atoms with E-state index in [9.17, 15) is 9.90 Å². The minimum absolute atomic E-state index is 0.00133. The van der Waals surface area contributed by atoms with Crippen LogP contribution in [0.4, 0.5) is 0 Å². The van der Waals surface area contributed by atoms with Crippen LogP contribution in [0, 0.1) is 0 Å². The fourth-order valence-electron chi connectivity index (χ4n) is 2.29. The average Bonchev–Trinajstić information content (AvgIpc) is 2.76. The topological polar surface area (TPSA) is 40.5 Å². The number of rotatable bonds is 7. The molecule has 1 aliphatic rings. The fourth-order valence-corrected chi connectivity index (χ4v) is 3.60. The Morgan fingerprint density at radius 1 is 1.18 bits per heavy atom. The van der Waals surface area contributed by atoms with Gasteiger partial charge in [-0.3, -0.25) is 9.69 Å². The second-order valence-corrected chi connectivity index (χ2v) is 7.01. The quantitative estimate of drug-likeness (QED) is 0.450. The number of nitrogens with zero attached hydrogens (tertiary/aromatic N) is 1. The van der Waals surface area contributed by atoms with Crippen molar-refractivity contribution in [1.29, 1.82) is 0 Å². The summed E-state index contributed by atoms with van der Waals surface area (Å²) in [5.41, 5.74) is 0.890. The van der Waals surface area contributed by atoms with Crippen LogP contribution in [0.2, 0.25) is 0 Å². The summed E-state index contributed by atoms with van der Waals surface area (Å²) in [5.74, 6) is 0.218. The average molecular weight is 335 g/mol. The summed E-state index contributed by atoms with van der Waals surface area (Å²) in [6.07, 6.45) is 7.65. The molecule has 1 N–H and O–H groups in total. The van der Waals surface area contributed by atoms with Crippen molar-refractivity contribution in [3.8, 4) is 5.75 Å². The maximum absolute atomic E-state index is 12.4. The molecule has 22 heavy (non-hydrogen) atoms. The van der Waals surface area contributed by atoms with E-state index in [4.69, 9.17) is 12.2 Å². The van der Waals surface area contributed by atoms with Crippen LogP contribution in [0.3, 0.4) is 0 Å². The van der Waals surface area contributed by atoms with Gasteiger partial charge in [0.1, 0.15) is 10.1 Å². The molecule has 0 atom stereocenters. The van der Waals surface area contributed by atoms with Crippen molar-refractivity contribution in [2.45, 2.75) is 39.0 Å². The van der Waals surface area contributed by atoms with Crippen molar-refractivity contribution in [3.05, 3.63) is 34.7 Å². The maximum atomic E-state index is 12.4. The third-order valence-electron chi connectivity index (χ3n) is 3.55. The van der Waals surface area contributed by atoms with Gasteiger partial charge in [0, 0.05) is 6.54 Å². The molecule has 1 aromatic carbocycles. The van der Waals surface area contributed by atoms with Crippen LogP contribution in [-0.4, -0.2) is 26.8 Å². The first-order valence-electron chi connectivity index (χ1n) is 7.66. The second-order valence-electron chi connectivity index (χ2n) is 5.34. The number of aromatic hydroxyl groups is 1. The van der Waals surface area contributed by atoms with Gasteiger partial charge in [-0.15, -0.1) is 0 Å². The molecule has 2 rings (SSSR count). The molecule has 1 fully saturated rings. The zero-order valence-corrected chi connectivity index (χ0v) is 14.4. The molecule has 0 unspecified atom stereocenters. The first-order valence-corrected chi connectivity index (χ1v) is 8.88. The van der Waals surface area contributed by atoms with E-state index >= 15 is 0 Å². The SMILES string of the molecule is CCCCCCCN1C(=O)/C(=C/c2ccc(O)cc2)SC1=S. The van der Waals surface area contributed by atoms with E-state index < -0.39 is 0 Å². The number of carbonyl (C=O) groups is 1. The van der Waals surface area contributed by atoms with E-state index in [0.717, 1.165) is 18.4 Å². The Bertz CT molecular complexity index is 567. The van der Waals surface area contributed by atoms with Crippen molar-refractivity contribution in [2.24, 2.45) is 0 Å². The van der Waals surface area contributed by atoms with Gasteiger partial charge in [0.15, 0.2) is 0 Å². The number of unbranched alkanes of at least 4 members (excludes halogenated alkanes) is 4. The smallest absolute Gasteiger partial charge is 0.266 e. The third kappa shape index (κ3) is 4.58. The number of hydrogen-bond donors (Lipinski definition) is 1. The van der Waals surface area contributed by atoms with Crippen molar-refractivity contribution >= 4 is 40.3 Å². The lowest BCUT2D eigenvalue weighted by Crippen LogP contribution is -2.29. The van der Waals surface area contributed by atoms with Gasteiger partial charge in [-0.1, -0.05) is 68.7 Å². The third-order valence-corrected chi connectivity index (χ3v) is 4.93. The first-order chi connectivity index (χ1) is 10.6. The molecule has 1 amide bonds. The normalized spacial score (nSPS) is 16.8. The summed E-state index contributed by atoms with van der Waals surface area (Å²) in [6.45, 7) is 2.90. The Hall–Kier alpha value is -1.33. The van der Waals surface area contributed by atoms with Gasteiger partial charge in [-0.25, -0.2) is 0 Å². The van der Waals surface area contributed by atoms with Gasteiger partial charge < -0.3 is 5.11 Å². The van der Waals surface area contributed by atoms with Crippen molar-refractivity contribution in [3.63, 3.8) is 0 Å². The monoisotopic (exact) mass is 335 g/mol. The number of phenolic OH excluding ortho intramolecular Hbond substituents is 1. The number of benzene rings is 1. The van der Waals surface area contributed by atoms with Gasteiger partial charge in [0.25, 0.3) is 5.91 Å². The number of carbonyl (C=O) groups excluding carboxylic acids is 1. The molecule has 1 saturated heterocycles. The number of thioether (sulfide) groups is 1. The number of hydrogen-bond acceptors (Lipinski definition) is 4. The Kier molecular flexibility index (Phi) is 6.46. The van der Waals surface area contributed by atoms with Crippen LogP contribution in [-0.2, 0) is 4.79 Å². The van der Waals surface area contributed by atoms with Crippen LogP contribution >= 0.6 is 24.0 Å². The predicted octanol–water partition coefficient (Wildman–Crippen LogP) is 4.56. The number of phenols is 1. The lowest BCUT2D eigenvalue weighted by Gasteiger charge is -2.13. The van der Waals surface area contributed by atoms with Crippen molar-refractivity contribution in [1.82, 2.24) is 4.90 Å². The first kappa shape index (κ1) is 17.0. The molecule has 0 aliphatic carbocycles. The standard InChI is InChI=1S/C17H21NO2S2/c1-2-3-4-5-6-11-18-16(20)15(22-17(18)21)12-13-7-9-14(19)10-8-13/h7-10,12,19H,2-6,11H2,1H3/b15-12-. The summed E-state index contributed by atoms with van der Waals surface area (Å²) in [6, 6.07) is 6.79. The van der Waals surface area contributed by atoms with Crippen LogP contribution < -0.4 is 0 Å². The van der Waals surface area contributed by atoms with Crippen molar-refractivity contribution < 1.29 is 9.90 Å². The molecule has 0 spiro atoms. The molecule has 118 valence electrons. The molecular weight excluding hydrogens is 314 g/mol. The molecule has 1 heterocycles. The lowest BCUT2D eigenvalue weighted by molar-refractivity contribution is -0.122. The summed E-state index contributed by atoms with van der Waals surface area (Å²) in [5, 5.41) is 9.29. The van der Waals surface area contributed by atoms with E-state index in [2.05, 4.69) is 6.92 Å². The Morgan fingerprint density at radius 2 is 1.86 bits per heavy atom. The molecule has 1 aliphatic heterocycles. The highest BCUT2D eigenvalue weighted by molar-refractivity contribution is 8.26. The van der Waals surface area contributed by atoms with Crippen LogP contribution in [0.1, 0.15) is 44.6 Å². The van der Waals surface area contributed by atoms with E-state index in [1.54, 1.807) is 29.2 Å². The Morgan fingerprint density at radius 3 is 2.55 bits per heavy atom. The van der Waals surface area contributed by atoms with Crippen LogP contribution in [0.25, 0.3) is 6.08 Å². The van der Waals surface area contributed by atoms with Gasteiger partial charge in [-0.2, -0.15) is 0 Å². The summed E-state index contributed by atoms with van der Waals surface area (Å²) in [4.78, 5) is 14.8. The highest BCUT2D eigenvalue weighted by Gasteiger charge is 2.31. The zero-order chi connectivity index (χ0) is 15.9. The maximum Gasteiger partial charge on any atom is 0.266 e. The minimum atomic E-state index is -0.00133. The lowest BCUT2D eigenvalue weighted by atomic mass is 10.1. The van der Waals surface area contributed by atoms with Gasteiger partial charge in [-0.05, 0) is 30.2 Å². The van der Waals surface area contributed by atoms with E-state index in [1.807, 2.05) is 6.08 Å². The zero-order valence-electron chi connectivity index (χ0n) is 12.7. The van der Waals surface area contributed by atoms with E-state index in [-0.39, 0.29) is 11.7 Å². The molecule has 3 nitrogen and oxygen atoms in total. The van der Waals surface area contributed by atoms with Gasteiger partial charge in [0.05, 0.1) is 4.91 Å². The number of amides is 1. The fraction of sp³-hybridized carbons (Fsp3) is 0.412. The van der Waals surface area contributed by atoms with Gasteiger partial charge >= 0.3 is 0 Å². The number of thiocarbonyl (C=S) groups is 1. The molecular formula is C17H21NO2S2. The van der Waals surface area contributed by atoms with E-state index in [1.165, 1.54) is 31.0 Å². The summed E-state index contributed by atoms with van der Waals surface area (Å²) < 4.78 is 0.644. The predicted molar refractivity (Wildman–Crippen MR) is 96.7 cm³/mol. The molecule has 1 aromatic rings. The van der Waals surface area contributed by atoms with Gasteiger partial charge in [0.2, 0.25) is 0 Å². The molecule has 5 heteroatoms. The molecule has 0 radical (unpaired) electrons. The van der Waals surface area contributed by atoms with Crippen molar-refractivity contribution in [2.75, 3.05) is 6.54 Å². The largest absolute Gasteiger partial charge is 0.508 e. The Balaban J connectivity index is 1.94.